The molecule has 1 amide bonds. The van der Waals surface area contributed by atoms with E-state index in [0.29, 0.717) is 25.4 Å². The summed E-state index contributed by atoms with van der Waals surface area (Å²) >= 11 is 0. The quantitative estimate of drug-likeness (QED) is 0.814. The van der Waals surface area contributed by atoms with Gasteiger partial charge in [-0.3, -0.25) is 9.89 Å². The topological polar surface area (TPSA) is 75.6 Å². The highest BCUT2D eigenvalue weighted by atomic mass is 16.1. The summed E-state index contributed by atoms with van der Waals surface area (Å²) in [5.74, 6) is 1.71. The molecule has 0 aliphatic heterocycles. The second-order valence-electron chi connectivity index (χ2n) is 5.51. The molecule has 2 heterocycles. The minimum atomic E-state index is 0.0494. The monoisotopic (exact) mass is 287 g/mol. The van der Waals surface area contributed by atoms with E-state index < -0.39 is 0 Å². The second kappa shape index (κ2) is 6.11. The van der Waals surface area contributed by atoms with Gasteiger partial charge in [-0.2, -0.15) is 5.10 Å². The number of nitrogens with one attached hydrogen (secondary N) is 2. The van der Waals surface area contributed by atoms with Crippen LogP contribution < -0.4 is 5.32 Å². The van der Waals surface area contributed by atoms with Gasteiger partial charge in [0.15, 0.2) is 0 Å². The molecule has 0 unspecified atom stereocenters. The molecule has 1 aliphatic rings. The fourth-order valence-corrected chi connectivity index (χ4v) is 2.42. The maximum Gasteiger partial charge on any atom is 0.222 e. The third-order valence-corrected chi connectivity index (χ3v) is 3.82. The van der Waals surface area contributed by atoms with Crippen LogP contribution in [0.1, 0.15) is 49.3 Å². The minimum Gasteiger partial charge on any atom is -0.350 e. The highest BCUT2D eigenvalue weighted by molar-refractivity contribution is 5.75. The average Bonchev–Trinajstić information content (AvgIpc) is 3.07. The molecule has 1 aliphatic carbocycles. The van der Waals surface area contributed by atoms with Crippen LogP contribution in [0.15, 0.2) is 18.5 Å². The van der Waals surface area contributed by atoms with Gasteiger partial charge in [0, 0.05) is 37.7 Å². The summed E-state index contributed by atoms with van der Waals surface area (Å²) in [6.45, 7) is 3.25. The third-order valence-electron chi connectivity index (χ3n) is 3.82. The molecule has 0 aromatic carbocycles. The summed E-state index contributed by atoms with van der Waals surface area (Å²) in [4.78, 5) is 16.1. The van der Waals surface area contributed by atoms with Gasteiger partial charge in [0.2, 0.25) is 5.91 Å². The maximum absolute atomic E-state index is 11.9. The number of aryl methyl sites for hydroxylation is 2. The molecule has 0 bridgehead atoms. The molecular formula is C15H21N5O. The lowest BCUT2D eigenvalue weighted by Gasteiger charge is -2.07. The zero-order valence-corrected chi connectivity index (χ0v) is 12.3. The van der Waals surface area contributed by atoms with Gasteiger partial charge < -0.3 is 9.88 Å². The van der Waals surface area contributed by atoms with Crippen molar-refractivity contribution in [2.75, 3.05) is 0 Å². The van der Waals surface area contributed by atoms with Gasteiger partial charge in [-0.1, -0.05) is 6.92 Å². The van der Waals surface area contributed by atoms with E-state index in [0.717, 1.165) is 23.6 Å². The Hall–Kier alpha value is -2.11. The summed E-state index contributed by atoms with van der Waals surface area (Å²) < 4.78 is 2.03. The molecule has 1 saturated carbocycles. The zero-order valence-electron chi connectivity index (χ0n) is 12.3. The Kier molecular flexibility index (Phi) is 4.03. The molecule has 0 radical (unpaired) electrons. The molecule has 2 aromatic heterocycles. The summed E-state index contributed by atoms with van der Waals surface area (Å²) in [7, 11) is 0. The Morgan fingerprint density at radius 1 is 1.52 bits per heavy atom. The van der Waals surface area contributed by atoms with Crippen molar-refractivity contribution in [3.63, 3.8) is 0 Å². The van der Waals surface area contributed by atoms with E-state index in [2.05, 4.69) is 33.5 Å². The predicted molar refractivity (Wildman–Crippen MR) is 78.6 cm³/mol. The van der Waals surface area contributed by atoms with Gasteiger partial charge in [0.1, 0.15) is 5.82 Å². The molecule has 2 aromatic rings. The number of nitrogens with zero attached hydrogens (tertiary/aromatic N) is 3. The van der Waals surface area contributed by atoms with Crippen molar-refractivity contribution in [2.24, 2.45) is 0 Å². The van der Waals surface area contributed by atoms with Crippen LogP contribution in [0.2, 0.25) is 0 Å². The van der Waals surface area contributed by atoms with Crippen molar-refractivity contribution in [2.45, 2.75) is 51.6 Å². The molecule has 3 rings (SSSR count). The van der Waals surface area contributed by atoms with Crippen molar-refractivity contribution < 1.29 is 4.79 Å². The van der Waals surface area contributed by atoms with Gasteiger partial charge in [0.25, 0.3) is 0 Å². The van der Waals surface area contributed by atoms with Crippen LogP contribution in [0, 0.1) is 0 Å². The number of imidazole rings is 1. The van der Waals surface area contributed by atoms with Crippen LogP contribution in [0.25, 0.3) is 0 Å². The summed E-state index contributed by atoms with van der Waals surface area (Å²) in [5, 5.41) is 10.2. The molecule has 0 atom stereocenters. The SMILES string of the molecule is CCc1nccn1CCC(=O)NCc1cc(C2CC2)n[nH]1. The standard InChI is InChI=1S/C15H21N5O/c1-2-14-16-6-8-20(14)7-5-15(21)17-10-12-9-13(19-18-12)11-3-4-11/h6,8-9,11H,2-5,7,10H2,1H3,(H,17,21)(H,18,19). The van der Waals surface area contributed by atoms with E-state index in [1.54, 1.807) is 6.20 Å². The molecule has 6 nitrogen and oxygen atoms in total. The number of carbonyl (C=O) groups excluding carboxylic acids is 1. The molecule has 6 heteroatoms. The number of rotatable bonds is 7. The van der Waals surface area contributed by atoms with Crippen LogP contribution in [0.4, 0.5) is 0 Å². The fourth-order valence-electron chi connectivity index (χ4n) is 2.42. The van der Waals surface area contributed by atoms with E-state index in [4.69, 9.17) is 0 Å². The van der Waals surface area contributed by atoms with Crippen LogP contribution >= 0.6 is 0 Å². The first-order valence-electron chi connectivity index (χ1n) is 7.57. The van der Waals surface area contributed by atoms with Gasteiger partial charge in [-0.25, -0.2) is 4.98 Å². The first kappa shape index (κ1) is 13.9. The fraction of sp³-hybridized carbons (Fsp3) is 0.533. The number of aromatic nitrogens is 4. The van der Waals surface area contributed by atoms with Crippen LogP contribution in [0.5, 0.6) is 0 Å². The first-order chi connectivity index (χ1) is 10.3. The first-order valence-corrected chi connectivity index (χ1v) is 7.57. The molecule has 0 saturated heterocycles. The normalized spacial score (nSPS) is 14.3. The Morgan fingerprint density at radius 3 is 3.14 bits per heavy atom. The Balaban J connectivity index is 1.43. The minimum absolute atomic E-state index is 0.0494. The van der Waals surface area contributed by atoms with E-state index >= 15 is 0 Å². The van der Waals surface area contributed by atoms with Crippen LogP contribution in [0.3, 0.4) is 0 Å². The summed E-state index contributed by atoms with van der Waals surface area (Å²) in [6, 6.07) is 2.06. The second-order valence-corrected chi connectivity index (χ2v) is 5.51. The molecule has 112 valence electrons. The Labute approximate surface area is 124 Å². The van der Waals surface area contributed by atoms with Gasteiger partial charge >= 0.3 is 0 Å². The lowest BCUT2D eigenvalue weighted by atomic mass is 10.2. The molecule has 21 heavy (non-hydrogen) atoms. The summed E-state index contributed by atoms with van der Waals surface area (Å²) in [6.07, 6.45) is 7.52. The largest absolute Gasteiger partial charge is 0.350 e. The molecule has 1 fully saturated rings. The number of aromatic amines is 1. The van der Waals surface area contributed by atoms with Crippen molar-refractivity contribution in [3.05, 3.63) is 35.7 Å². The van der Waals surface area contributed by atoms with E-state index in [1.165, 1.54) is 12.8 Å². The predicted octanol–water partition coefficient (Wildman–Crippen LogP) is 1.75. The van der Waals surface area contributed by atoms with E-state index in [1.807, 2.05) is 10.8 Å². The number of hydrogen-bond donors (Lipinski definition) is 2. The van der Waals surface area contributed by atoms with E-state index in [-0.39, 0.29) is 5.91 Å². The van der Waals surface area contributed by atoms with Gasteiger partial charge in [-0.05, 0) is 18.9 Å². The number of hydrogen-bond acceptors (Lipinski definition) is 3. The number of carbonyl (C=O) groups is 1. The van der Waals surface area contributed by atoms with Crippen molar-refractivity contribution in [3.8, 4) is 0 Å². The maximum atomic E-state index is 11.9. The van der Waals surface area contributed by atoms with Gasteiger partial charge in [0.05, 0.1) is 17.9 Å². The van der Waals surface area contributed by atoms with Crippen molar-refractivity contribution in [1.29, 1.82) is 0 Å². The third kappa shape index (κ3) is 3.51. The van der Waals surface area contributed by atoms with Crippen LogP contribution in [-0.4, -0.2) is 25.7 Å². The lowest BCUT2D eigenvalue weighted by molar-refractivity contribution is -0.121. The number of amides is 1. The number of H-pyrrole nitrogens is 1. The Bertz CT molecular complexity index is 611. The highest BCUT2D eigenvalue weighted by Crippen LogP contribution is 2.38. The highest BCUT2D eigenvalue weighted by Gasteiger charge is 2.25. The smallest absolute Gasteiger partial charge is 0.222 e. The van der Waals surface area contributed by atoms with Crippen molar-refractivity contribution >= 4 is 5.91 Å². The lowest BCUT2D eigenvalue weighted by Crippen LogP contribution is -2.24. The zero-order chi connectivity index (χ0) is 14.7. The van der Waals surface area contributed by atoms with Crippen molar-refractivity contribution in [1.82, 2.24) is 25.1 Å². The summed E-state index contributed by atoms with van der Waals surface area (Å²) in [5.41, 5.74) is 2.10. The average molecular weight is 287 g/mol. The van der Waals surface area contributed by atoms with E-state index in [9.17, 15) is 4.79 Å². The van der Waals surface area contributed by atoms with Gasteiger partial charge in [-0.15, -0.1) is 0 Å². The molecular weight excluding hydrogens is 266 g/mol. The Morgan fingerprint density at radius 2 is 2.38 bits per heavy atom. The molecule has 0 spiro atoms. The molecule has 2 N–H and O–H groups in total. The van der Waals surface area contributed by atoms with Crippen LogP contribution in [-0.2, 0) is 24.3 Å².